The van der Waals surface area contributed by atoms with Crippen LogP contribution < -0.4 is 14.2 Å². The number of carbonyl (C=O) groups is 1. The molecule has 0 bridgehead atoms. The van der Waals surface area contributed by atoms with Gasteiger partial charge in [0, 0.05) is 6.08 Å². The summed E-state index contributed by atoms with van der Waals surface area (Å²) in [5, 5.41) is 9.94. The minimum Gasteiger partial charge on any atom is -0.502 e. The maximum Gasteiger partial charge on any atom is 0.200 e. The Kier molecular flexibility index (Phi) is 5.25. The van der Waals surface area contributed by atoms with Crippen molar-refractivity contribution in [2.24, 2.45) is 0 Å². The first kappa shape index (κ1) is 16.4. The van der Waals surface area contributed by atoms with Gasteiger partial charge < -0.3 is 19.3 Å². The lowest BCUT2D eigenvalue weighted by Gasteiger charge is -2.11. The highest BCUT2D eigenvalue weighted by molar-refractivity contribution is 5.86. The molecule has 2 rings (SSSR count). The van der Waals surface area contributed by atoms with Gasteiger partial charge in [-0.15, -0.1) is 0 Å². The second-order valence-corrected chi connectivity index (χ2v) is 4.79. The van der Waals surface area contributed by atoms with Gasteiger partial charge in [0.15, 0.2) is 17.3 Å². The van der Waals surface area contributed by atoms with E-state index >= 15 is 0 Å². The monoisotopic (exact) mass is 314 g/mol. The molecule has 0 saturated heterocycles. The third-order valence-electron chi connectivity index (χ3n) is 3.17. The van der Waals surface area contributed by atoms with Crippen LogP contribution in [-0.2, 0) is 4.79 Å². The summed E-state index contributed by atoms with van der Waals surface area (Å²) in [5.41, 5.74) is 1.74. The quantitative estimate of drug-likeness (QED) is 0.652. The van der Waals surface area contributed by atoms with E-state index in [0.29, 0.717) is 17.2 Å². The van der Waals surface area contributed by atoms with E-state index in [0.717, 1.165) is 11.1 Å². The molecule has 0 aliphatic carbocycles. The average molecular weight is 314 g/mol. The first-order valence-electron chi connectivity index (χ1n) is 6.94. The van der Waals surface area contributed by atoms with Crippen molar-refractivity contribution in [3.63, 3.8) is 0 Å². The van der Waals surface area contributed by atoms with E-state index in [1.54, 1.807) is 24.3 Å². The smallest absolute Gasteiger partial charge is 0.200 e. The molecule has 0 radical (unpaired) electrons. The number of ether oxygens (including phenoxy) is 3. The van der Waals surface area contributed by atoms with Gasteiger partial charge in [0.05, 0.1) is 20.5 Å². The molecule has 5 nitrogen and oxygen atoms in total. The molecule has 0 heterocycles. The molecule has 0 spiro atoms. The van der Waals surface area contributed by atoms with E-state index in [2.05, 4.69) is 0 Å². The van der Waals surface area contributed by atoms with E-state index in [1.165, 1.54) is 33.5 Å². The highest BCUT2D eigenvalue weighted by Gasteiger charge is 2.12. The van der Waals surface area contributed by atoms with Crippen molar-refractivity contribution in [2.75, 3.05) is 14.2 Å². The molecule has 0 aliphatic rings. The Labute approximate surface area is 134 Å². The van der Waals surface area contributed by atoms with Crippen molar-refractivity contribution in [3.8, 4) is 34.1 Å². The molecule has 0 fully saturated rings. The molecule has 23 heavy (non-hydrogen) atoms. The summed E-state index contributed by atoms with van der Waals surface area (Å²) in [6.45, 7) is 1.45. The first-order valence-corrected chi connectivity index (χ1v) is 6.94. The summed E-state index contributed by atoms with van der Waals surface area (Å²) in [4.78, 5) is 10.8. The molecule has 5 heteroatoms. The SMILES string of the molecule is COc1cc(-c2ccc(O/C=C/C(C)=O)cc2)cc(OC)c1O. The largest absolute Gasteiger partial charge is 0.502 e. The summed E-state index contributed by atoms with van der Waals surface area (Å²) in [6.07, 6.45) is 2.70. The van der Waals surface area contributed by atoms with Crippen molar-refractivity contribution >= 4 is 5.78 Å². The van der Waals surface area contributed by atoms with Gasteiger partial charge in [0.2, 0.25) is 5.75 Å². The Morgan fingerprint density at radius 3 is 2.04 bits per heavy atom. The number of methoxy groups -OCH3 is 2. The van der Waals surface area contributed by atoms with Crippen LogP contribution in [-0.4, -0.2) is 25.1 Å². The number of hydrogen-bond acceptors (Lipinski definition) is 5. The molecule has 0 amide bonds. The van der Waals surface area contributed by atoms with Crippen molar-refractivity contribution < 1.29 is 24.1 Å². The summed E-state index contributed by atoms with van der Waals surface area (Å²) >= 11 is 0. The summed E-state index contributed by atoms with van der Waals surface area (Å²) < 4.78 is 15.6. The van der Waals surface area contributed by atoms with Crippen LogP contribution in [0.2, 0.25) is 0 Å². The van der Waals surface area contributed by atoms with Gasteiger partial charge in [0.25, 0.3) is 0 Å². The number of ketones is 1. The Morgan fingerprint density at radius 2 is 1.57 bits per heavy atom. The topological polar surface area (TPSA) is 65.0 Å². The molecular weight excluding hydrogens is 296 g/mol. The minimum absolute atomic E-state index is 0.0342. The van der Waals surface area contributed by atoms with Crippen LogP contribution in [0.15, 0.2) is 48.7 Å². The first-order chi connectivity index (χ1) is 11.0. The maximum atomic E-state index is 10.8. The molecule has 0 unspecified atom stereocenters. The summed E-state index contributed by atoms with van der Waals surface area (Å²) in [6, 6.07) is 10.7. The van der Waals surface area contributed by atoms with Gasteiger partial charge in [-0.25, -0.2) is 0 Å². The standard InChI is InChI=1S/C18H18O5/c1-12(19)8-9-23-15-6-4-13(5-7-15)14-10-16(21-2)18(20)17(11-14)22-3/h4-11,20H,1-3H3/b9-8+. The van der Waals surface area contributed by atoms with Gasteiger partial charge >= 0.3 is 0 Å². The Morgan fingerprint density at radius 1 is 1.00 bits per heavy atom. The van der Waals surface area contributed by atoms with Gasteiger partial charge in [-0.2, -0.15) is 0 Å². The van der Waals surface area contributed by atoms with E-state index in [9.17, 15) is 9.90 Å². The predicted molar refractivity (Wildman–Crippen MR) is 87.1 cm³/mol. The Balaban J connectivity index is 2.27. The third kappa shape index (κ3) is 4.03. The van der Waals surface area contributed by atoms with Crippen LogP contribution in [0.3, 0.4) is 0 Å². The molecule has 1 N–H and O–H groups in total. The van der Waals surface area contributed by atoms with Crippen LogP contribution in [0.4, 0.5) is 0 Å². The molecule has 0 atom stereocenters. The van der Waals surface area contributed by atoms with Crippen molar-refractivity contribution in [2.45, 2.75) is 6.92 Å². The second-order valence-electron chi connectivity index (χ2n) is 4.79. The summed E-state index contributed by atoms with van der Waals surface area (Å²) in [5.74, 6) is 1.18. The normalized spacial score (nSPS) is 10.6. The van der Waals surface area contributed by atoms with Crippen LogP contribution in [0.5, 0.6) is 23.0 Å². The summed E-state index contributed by atoms with van der Waals surface area (Å²) in [7, 11) is 2.97. The molecule has 120 valence electrons. The van der Waals surface area contributed by atoms with E-state index < -0.39 is 0 Å². The van der Waals surface area contributed by atoms with Crippen molar-refractivity contribution in [3.05, 3.63) is 48.7 Å². The van der Waals surface area contributed by atoms with Crippen LogP contribution >= 0.6 is 0 Å². The molecular formula is C18H18O5. The fourth-order valence-corrected chi connectivity index (χ4v) is 1.99. The average Bonchev–Trinajstić information content (AvgIpc) is 2.55. The van der Waals surface area contributed by atoms with E-state index in [-0.39, 0.29) is 11.5 Å². The van der Waals surface area contributed by atoms with Crippen molar-refractivity contribution in [1.29, 1.82) is 0 Å². The zero-order chi connectivity index (χ0) is 16.8. The van der Waals surface area contributed by atoms with E-state index in [1.807, 2.05) is 12.1 Å². The van der Waals surface area contributed by atoms with E-state index in [4.69, 9.17) is 14.2 Å². The number of phenols is 1. The van der Waals surface area contributed by atoms with Crippen LogP contribution in [0.25, 0.3) is 11.1 Å². The highest BCUT2D eigenvalue weighted by atomic mass is 16.5. The van der Waals surface area contributed by atoms with Crippen LogP contribution in [0, 0.1) is 0 Å². The zero-order valence-corrected chi connectivity index (χ0v) is 13.2. The van der Waals surface area contributed by atoms with Crippen LogP contribution in [0.1, 0.15) is 6.92 Å². The minimum atomic E-state index is -0.0788. The Bertz CT molecular complexity index is 692. The number of hydrogen-bond donors (Lipinski definition) is 1. The number of carbonyl (C=O) groups excluding carboxylic acids is 1. The second kappa shape index (κ2) is 7.35. The lowest BCUT2D eigenvalue weighted by molar-refractivity contribution is -0.112. The Hall–Kier alpha value is -2.95. The fraction of sp³-hybridized carbons (Fsp3) is 0.167. The molecule has 0 aliphatic heterocycles. The predicted octanol–water partition coefficient (Wildman–Crippen LogP) is 3.56. The number of phenolic OH excluding ortho intramolecular Hbond substituents is 1. The maximum absolute atomic E-state index is 10.8. The van der Waals surface area contributed by atoms with Gasteiger partial charge in [0.1, 0.15) is 5.75 Å². The van der Waals surface area contributed by atoms with Crippen molar-refractivity contribution in [1.82, 2.24) is 0 Å². The number of allylic oxidation sites excluding steroid dienone is 1. The highest BCUT2D eigenvalue weighted by Crippen LogP contribution is 2.40. The number of benzene rings is 2. The fourth-order valence-electron chi connectivity index (χ4n) is 1.99. The zero-order valence-electron chi connectivity index (χ0n) is 13.2. The molecule has 0 saturated carbocycles. The lowest BCUT2D eigenvalue weighted by atomic mass is 10.0. The third-order valence-corrected chi connectivity index (χ3v) is 3.17. The van der Waals surface area contributed by atoms with Gasteiger partial charge in [-0.1, -0.05) is 12.1 Å². The van der Waals surface area contributed by atoms with Gasteiger partial charge in [-0.05, 0) is 42.3 Å². The molecule has 0 aromatic heterocycles. The number of aromatic hydroxyl groups is 1. The number of rotatable bonds is 6. The molecule has 2 aromatic carbocycles. The lowest BCUT2D eigenvalue weighted by Crippen LogP contribution is -1.91. The van der Waals surface area contributed by atoms with Gasteiger partial charge in [-0.3, -0.25) is 4.79 Å². The molecule has 2 aromatic rings.